The number of fused-ring (bicyclic) bond motifs is 1. The van der Waals surface area contributed by atoms with E-state index >= 15 is 0 Å². The Labute approximate surface area is 184 Å². The smallest absolute Gasteiger partial charge is 0.410 e. The SMILES string of the molecule is C#CCOC(=O)N1CCC(c2nc(C(=O)NCC3COc4ccccc4O3)cs2)CC1. The van der Waals surface area contributed by atoms with Crippen molar-refractivity contribution in [2.24, 2.45) is 0 Å². The number of terminal acetylenes is 1. The predicted molar refractivity (Wildman–Crippen MR) is 115 cm³/mol. The molecule has 4 rings (SSSR count). The average molecular weight is 442 g/mol. The van der Waals surface area contributed by atoms with Gasteiger partial charge in [0.2, 0.25) is 0 Å². The maximum Gasteiger partial charge on any atom is 0.410 e. The van der Waals surface area contributed by atoms with Gasteiger partial charge in [-0.05, 0) is 25.0 Å². The summed E-state index contributed by atoms with van der Waals surface area (Å²) in [5.41, 5.74) is 0.396. The molecule has 0 spiro atoms. The van der Waals surface area contributed by atoms with Crippen molar-refractivity contribution in [3.8, 4) is 23.8 Å². The van der Waals surface area contributed by atoms with Crippen LogP contribution in [0.1, 0.15) is 34.3 Å². The fourth-order valence-electron chi connectivity index (χ4n) is 3.54. The molecule has 9 heteroatoms. The molecule has 2 aliphatic heterocycles. The second kappa shape index (κ2) is 9.71. The average Bonchev–Trinajstić information content (AvgIpc) is 3.31. The number of benzene rings is 1. The van der Waals surface area contributed by atoms with E-state index in [1.54, 1.807) is 10.3 Å². The number of ether oxygens (including phenoxy) is 3. The summed E-state index contributed by atoms with van der Waals surface area (Å²) in [4.78, 5) is 30.6. The molecule has 8 nitrogen and oxygen atoms in total. The van der Waals surface area contributed by atoms with Crippen LogP contribution >= 0.6 is 11.3 Å². The minimum Gasteiger partial charge on any atom is -0.486 e. The lowest BCUT2D eigenvalue weighted by atomic mass is 9.98. The molecule has 1 aromatic carbocycles. The normalized spacial score (nSPS) is 18.2. The third kappa shape index (κ3) is 5.09. The van der Waals surface area contributed by atoms with Crippen LogP contribution in [-0.2, 0) is 4.74 Å². The van der Waals surface area contributed by atoms with Crippen LogP contribution in [-0.4, -0.2) is 60.8 Å². The van der Waals surface area contributed by atoms with Gasteiger partial charge in [-0.15, -0.1) is 17.8 Å². The van der Waals surface area contributed by atoms with E-state index in [4.69, 9.17) is 20.6 Å². The maximum absolute atomic E-state index is 12.5. The molecule has 1 N–H and O–H groups in total. The number of piperidine rings is 1. The molecule has 1 unspecified atom stereocenters. The lowest BCUT2D eigenvalue weighted by Crippen LogP contribution is -2.40. The largest absolute Gasteiger partial charge is 0.486 e. The van der Waals surface area contributed by atoms with Crippen LogP contribution in [0.4, 0.5) is 4.79 Å². The number of hydrogen-bond acceptors (Lipinski definition) is 7. The fraction of sp³-hybridized carbons (Fsp3) is 0.409. The van der Waals surface area contributed by atoms with Crippen molar-refractivity contribution in [2.75, 3.05) is 32.8 Å². The van der Waals surface area contributed by atoms with Gasteiger partial charge >= 0.3 is 6.09 Å². The Morgan fingerprint density at radius 2 is 2.06 bits per heavy atom. The number of carbonyl (C=O) groups excluding carboxylic acids is 2. The molecule has 1 atom stereocenters. The first-order chi connectivity index (χ1) is 15.1. The maximum atomic E-state index is 12.5. The molecule has 3 heterocycles. The monoisotopic (exact) mass is 441 g/mol. The van der Waals surface area contributed by atoms with E-state index in [9.17, 15) is 9.59 Å². The van der Waals surface area contributed by atoms with Gasteiger partial charge in [0, 0.05) is 24.4 Å². The van der Waals surface area contributed by atoms with Crippen molar-refractivity contribution in [1.82, 2.24) is 15.2 Å². The first-order valence-corrected chi connectivity index (χ1v) is 11.0. The molecule has 0 bridgehead atoms. The van der Waals surface area contributed by atoms with Crippen LogP contribution in [0.3, 0.4) is 0 Å². The molecule has 31 heavy (non-hydrogen) atoms. The highest BCUT2D eigenvalue weighted by molar-refractivity contribution is 7.09. The molecular formula is C22H23N3O5S. The number of nitrogens with zero attached hydrogens (tertiary/aromatic N) is 2. The topological polar surface area (TPSA) is 90.0 Å². The number of thiazole rings is 1. The third-order valence-corrected chi connectivity index (χ3v) is 6.20. The van der Waals surface area contributed by atoms with Crippen LogP contribution in [0, 0.1) is 12.3 Å². The lowest BCUT2D eigenvalue weighted by Gasteiger charge is -2.30. The number of nitrogens with one attached hydrogen (secondary N) is 1. The van der Waals surface area contributed by atoms with Gasteiger partial charge in [-0.1, -0.05) is 18.1 Å². The molecule has 2 amide bonds. The summed E-state index contributed by atoms with van der Waals surface area (Å²) in [5.74, 6) is 3.66. The van der Waals surface area contributed by atoms with Gasteiger partial charge in [-0.25, -0.2) is 9.78 Å². The number of hydrogen-bond donors (Lipinski definition) is 1. The summed E-state index contributed by atoms with van der Waals surface area (Å²) in [6, 6.07) is 7.46. The zero-order valence-corrected chi connectivity index (χ0v) is 17.7. The molecule has 1 fully saturated rings. The number of aromatic nitrogens is 1. The zero-order chi connectivity index (χ0) is 21.6. The molecule has 0 saturated carbocycles. The third-order valence-electron chi connectivity index (χ3n) is 5.19. The van der Waals surface area contributed by atoms with E-state index in [1.807, 2.05) is 24.3 Å². The Bertz CT molecular complexity index is 978. The van der Waals surface area contributed by atoms with Gasteiger partial charge in [-0.3, -0.25) is 4.79 Å². The van der Waals surface area contributed by atoms with Crippen LogP contribution in [0.25, 0.3) is 0 Å². The molecule has 2 aliphatic rings. The summed E-state index contributed by atoms with van der Waals surface area (Å²) in [5, 5.41) is 5.55. The molecule has 0 radical (unpaired) electrons. The number of rotatable bonds is 5. The second-order valence-electron chi connectivity index (χ2n) is 7.30. The quantitative estimate of drug-likeness (QED) is 0.718. The van der Waals surface area contributed by atoms with Crippen molar-refractivity contribution in [3.63, 3.8) is 0 Å². The van der Waals surface area contributed by atoms with Gasteiger partial charge in [0.05, 0.1) is 11.6 Å². The van der Waals surface area contributed by atoms with Crippen LogP contribution in [0.15, 0.2) is 29.6 Å². The number of para-hydroxylation sites is 2. The first-order valence-electron chi connectivity index (χ1n) is 10.1. The fourth-order valence-corrected chi connectivity index (χ4v) is 4.52. The van der Waals surface area contributed by atoms with Crippen molar-refractivity contribution in [2.45, 2.75) is 24.9 Å². The number of likely N-dealkylation sites (tertiary alicyclic amines) is 1. The van der Waals surface area contributed by atoms with Gasteiger partial charge in [0.25, 0.3) is 5.91 Å². The highest BCUT2D eigenvalue weighted by Gasteiger charge is 2.27. The van der Waals surface area contributed by atoms with Crippen LogP contribution < -0.4 is 14.8 Å². The molecular weight excluding hydrogens is 418 g/mol. The Kier molecular flexibility index (Phi) is 6.57. The Balaban J connectivity index is 1.25. The van der Waals surface area contributed by atoms with E-state index in [-0.39, 0.29) is 30.6 Å². The lowest BCUT2D eigenvalue weighted by molar-refractivity contribution is 0.0786. The summed E-state index contributed by atoms with van der Waals surface area (Å²) < 4.78 is 16.5. The highest BCUT2D eigenvalue weighted by atomic mass is 32.1. The minimum absolute atomic E-state index is 0.0196. The van der Waals surface area contributed by atoms with Gasteiger partial charge in [0.1, 0.15) is 18.4 Å². The second-order valence-corrected chi connectivity index (χ2v) is 8.19. The molecule has 162 valence electrons. The van der Waals surface area contributed by atoms with Crippen molar-refractivity contribution < 1.29 is 23.8 Å². The van der Waals surface area contributed by atoms with E-state index in [0.29, 0.717) is 43.4 Å². The summed E-state index contributed by atoms with van der Waals surface area (Å²) in [6.07, 6.45) is 6.02. The summed E-state index contributed by atoms with van der Waals surface area (Å²) in [7, 11) is 0. The van der Waals surface area contributed by atoms with Crippen molar-refractivity contribution in [1.29, 1.82) is 0 Å². The molecule has 1 aromatic heterocycles. The first kappa shape index (κ1) is 21.0. The summed E-state index contributed by atoms with van der Waals surface area (Å²) in [6.45, 7) is 1.85. The van der Waals surface area contributed by atoms with E-state index < -0.39 is 0 Å². The standard InChI is InChI=1S/C22H23N3O5S/c1-2-11-28-22(27)25-9-7-15(8-10-25)21-24-17(14-31-21)20(26)23-12-16-13-29-18-5-3-4-6-19(18)30-16/h1,3-6,14-16H,7-13H2,(H,23,26). The Hall–Kier alpha value is -3.25. The van der Waals surface area contributed by atoms with Gasteiger partial charge < -0.3 is 24.4 Å². The van der Waals surface area contributed by atoms with Crippen LogP contribution in [0.5, 0.6) is 11.5 Å². The molecule has 1 saturated heterocycles. The Morgan fingerprint density at radius 3 is 2.84 bits per heavy atom. The summed E-state index contributed by atoms with van der Waals surface area (Å²) >= 11 is 1.47. The number of carbonyl (C=O) groups is 2. The highest BCUT2D eigenvalue weighted by Crippen LogP contribution is 2.31. The van der Waals surface area contributed by atoms with E-state index in [1.165, 1.54) is 11.3 Å². The van der Waals surface area contributed by atoms with E-state index in [0.717, 1.165) is 17.8 Å². The number of amides is 2. The van der Waals surface area contributed by atoms with Crippen molar-refractivity contribution in [3.05, 3.63) is 40.3 Å². The van der Waals surface area contributed by atoms with Gasteiger partial charge in [0.15, 0.2) is 18.1 Å². The van der Waals surface area contributed by atoms with E-state index in [2.05, 4.69) is 16.2 Å². The minimum atomic E-state index is -0.382. The molecule has 0 aliphatic carbocycles. The van der Waals surface area contributed by atoms with Crippen molar-refractivity contribution >= 4 is 23.3 Å². The van der Waals surface area contributed by atoms with Gasteiger partial charge in [-0.2, -0.15) is 0 Å². The van der Waals surface area contributed by atoms with Crippen LogP contribution in [0.2, 0.25) is 0 Å². The molecule has 2 aromatic rings. The zero-order valence-electron chi connectivity index (χ0n) is 16.9. The predicted octanol–water partition coefficient (Wildman–Crippen LogP) is 2.66. The Morgan fingerprint density at radius 1 is 1.29 bits per heavy atom.